The number of hydrazone groups is 1. The van der Waals surface area contributed by atoms with Crippen LogP contribution in [-0.2, 0) is 0 Å². The van der Waals surface area contributed by atoms with Gasteiger partial charge in [0, 0.05) is 29.8 Å². The molecule has 1 amide bonds. The largest absolute Gasteiger partial charge is 0.378 e. The Bertz CT molecular complexity index is 693. The molecule has 0 radical (unpaired) electrons. The number of rotatable bonds is 4. The Morgan fingerprint density at radius 1 is 1.09 bits per heavy atom. The lowest BCUT2D eigenvalue weighted by Gasteiger charge is -2.12. The molecule has 2 aromatic carbocycles. The van der Waals surface area contributed by atoms with Gasteiger partial charge >= 0.3 is 0 Å². The maximum Gasteiger partial charge on any atom is 0.271 e. The fourth-order valence-corrected chi connectivity index (χ4v) is 2.29. The zero-order chi connectivity index (χ0) is 16.1. The number of carbonyl (C=O) groups excluding carboxylic acids is 1. The summed E-state index contributed by atoms with van der Waals surface area (Å²) in [5, 5.41) is 4.16. The summed E-state index contributed by atoms with van der Waals surface area (Å²) < 4.78 is 0.977. The van der Waals surface area contributed by atoms with Gasteiger partial charge in [0.1, 0.15) is 0 Å². The third-order valence-corrected chi connectivity index (χ3v) is 3.71. The number of nitrogens with one attached hydrogen (secondary N) is 1. The fourth-order valence-electron chi connectivity index (χ4n) is 1.89. The average Bonchev–Trinajstić information content (AvgIpc) is 2.52. The van der Waals surface area contributed by atoms with Crippen LogP contribution in [0.2, 0.25) is 0 Å². The van der Waals surface area contributed by atoms with Gasteiger partial charge in [0.2, 0.25) is 0 Å². The molecule has 4 nitrogen and oxygen atoms in total. The molecule has 0 aliphatic rings. The van der Waals surface area contributed by atoms with E-state index >= 15 is 0 Å². The van der Waals surface area contributed by atoms with Crippen molar-refractivity contribution in [3.63, 3.8) is 0 Å². The van der Waals surface area contributed by atoms with Crippen molar-refractivity contribution in [2.24, 2.45) is 5.10 Å². The number of anilines is 1. The van der Waals surface area contributed by atoms with Gasteiger partial charge in [0.25, 0.3) is 5.91 Å². The molecule has 0 saturated heterocycles. The van der Waals surface area contributed by atoms with E-state index in [2.05, 4.69) is 26.5 Å². The van der Waals surface area contributed by atoms with Gasteiger partial charge in [-0.3, -0.25) is 4.79 Å². The van der Waals surface area contributed by atoms with Crippen LogP contribution in [0.15, 0.2) is 58.1 Å². The van der Waals surface area contributed by atoms with E-state index in [-0.39, 0.29) is 5.91 Å². The first-order valence-corrected chi connectivity index (χ1v) is 7.64. The van der Waals surface area contributed by atoms with Crippen molar-refractivity contribution in [2.45, 2.75) is 6.92 Å². The Morgan fingerprint density at radius 2 is 1.77 bits per heavy atom. The lowest BCUT2D eigenvalue weighted by atomic mass is 10.1. The number of carbonyl (C=O) groups is 1. The molecular weight excluding hydrogens is 342 g/mol. The smallest absolute Gasteiger partial charge is 0.271 e. The minimum absolute atomic E-state index is 0.223. The molecule has 22 heavy (non-hydrogen) atoms. The molecule has 114 valence electrons. The molecule has 0 fully saturated rings. The van der Waals surface area contributed by atoms with Gasteiger partial charge in [-0.1, -0.05) is 28.1 Å². The van der Waals surface area contributed by atoms with Gasteiger partial charge in [-0.15, -0.1) is 0 Å². The second kappa shape index (κ2) is 7.22. The first kappa shape index (κ1) is 16.2. The molecule has 0 bridgehead atoms. The first-order valence-electron chi connectivity index (χ1n) is 6.85. The summed E-state index contributed by atoms with van der Waals surface area (Å²) in [6.07, 6.45) is 0. The second-order valence-corrected chi connectivity index (χ2v) is 6.01. The Morgan fingerprint density at radius 3 is 2.36 bits per heavy atom. The van der Waals surface area contributed by atoms with Crippen molar-refractivity contribution >= 4 is 33.2 Å². The minimum atomic E-state index is -0.223. The number of benzene rings is 2. The molecule has 0 aromatic heterocycles. The van der Waals surface area contributed by atoms with E-state index in [1.807, 2.05) is 62.3 Å². The monoisotopic (exact) mass is 359 g/mol. The minimum Gasteiger partial charge on any atom is -0.378 e. The maximum absolute atomic E-state index is 12.1. The van der Waals surface area contributed by atoms with Gasteiger partial charge < -0.3 is 4.90 Å². The van der Waals surface area contributed by atoms with Gasteiger partial charge in [-0.2, -0.15) is 5.10 Å². The molecule has 0 saturated carbocycles. The molecule has 0 aliphatic carbocycles. The highest BCUT2D eigenvalue weighted by atomic mass is 79.9. The zero-order valence-corrected chi connectivity index (χ0v) is 14.4. The van der Waals surface area contributed by atoms with Crippen molar-refractivity contribution in [3.05, 3.63) is 64.1 Å². The number of hydrogen-bond donors (Lipinski definition) is 1. The number of amides is 1. The zero-order valence-electron chi connectivity index (χ0n) is 12.8. The van der Waals surface area contributed by atoms with Gasteiger partial charge in [0.05, 0.1) is 5.71 Å². The highest BCUT2D eigenvalue weighted by molar-refractivity contribution is 9.10. The lowest BCUT2D eigenvalue weighted by Crippen LogP contribution is -2.19. The van der Waals surface area contributed by atoms with E-state index in [4.69, 9.17) is 0 Å². The Hall–Kier alpha value is -2.14. The third kappa shape index (κ3) is 4.18. The molecule has 5 heteroatoms. The quantitative estimate of drug-likeness (QED) is 0.668. The van der Waals surface area contributed by atoms with Gasteiger partial charge in [0.15, 0.2) is 0 Å². The topological polar surface area (TPSA) is 44.7 Å². The summed E-state index contributed by atoms with van der Waals surface area (Å²) in [4.78, 5) is 14.1. The van der Waals surface area contributed by atoms with Crippen LogP contribution in [0.25, 0.3) is 0 Å². The Labute approximate surface area is 139 Å². The van der Waals surface area contributed by atoms with E-state index < -0.39 is 0 Å². The van der Waals surface area contributed by atoms with Crippen LogP contribution in [0, 0.1) is 0 Å². The first-order chi connectivity index (χ1) is 10.5. The van der Waals surface area contributed by atoms with Crippen molar-refractivity contribution in [1.82, 2.24) is 5.43 Å². The molecule has 0 spiro atoms. The van der Waals surface area contributed by atoms with Crippen molar-refractivity contribution < 1.29 is 4.79 Å². The summed E-state index contributed by atoms with van der Waals surface area (Å²) in [7, 11) is 3.92. The number of halogens is 1. The van der Waals surface area contributed by atoms with E-state index in [0.29, 0.717) is 5.56 Å². The lowest BCUT2D eigenvalue weighted by molar-refractivity contribution is 0.0955. The maximum atomic E-state index is 12.1. The molecule has 0 atom stereocenters. The van der Waals surface area contributed by atoms with Crippen LogP contribution < -0.4 is 10.3 Å². The Balaban J connectivity index is 2.07. The second-order valence-electron chi connectivity index (χ2n) is 5.09. The van der Waals surface area contributed by atoms with Crippen molar-refractivity contribution in [3.8, 4) is 0 Å². The van der Waals surface area contributed by atoms with E-state index in [9.17, 15) is 4.79 Å². The van der Waals surface area contributed by atoms with Crippen LogP contribution in [-0.4, -0.2) is 25.7 Å². The van der Waals surface area contributed by atoms with Crippen molar-refractivity contribution in [1.29, 1.82) is 0 Å². The SMILES string of the molecule is C/C(=N\NC(=O)c1ccc(N(C)C)cc1)c1cccc(Br)c1. The summed E-state index contributed by atoms with van der Waals surface area (Å²) in [5.41, 5.74) is 5.92. The molecule has 2 aromatic rings. The standard InChI is InChI=1S/C17H18BrN3O/c1-12(14-5-4-6-15(18)11-14)19-20-17(22)13-7-9-16(10-8-13)21(2)3/h4-11H,1-3H3,(H,20,22)/b19-12+. The molecular formula is C17H18BrN3O. The summed E-state index contributed by atoms with van der Waals surface area (Å²) in [6, 6.07) is 15.2. The van der Waals surface area contributed by atoms with Crippen LogP contribution in [0.4, 0.5) is 5.69 Å². The molecule has 2 rings (SSSR count). The van der Waals surface area contributed by atoms with Crippen LogP contribution >= 0.6 is 15.9 Å². The number of hydrogen-bond acceptors (Lipinski definition) is 3. The van der Waals surface area contributed by atoms with E-state index in [1.54, 1.807) is 12.1 Å². The van der Waals surface area contributed by atoms with E-state index in [1.165, 1.54) is 0 Å². The van der Waals surface area contributed by atoms with Crippen LogP contribution in [0.3, 0.4) is 0 Å². The summed E-state index contributed by atoms with van der Waals surface area (Å²) in [6.45, 7) is 1.86. The van der Waals surface area contributed by atoms with Crippen LogP contribution in [0.1, 0.15) is 22.8 Å². The molecule has 0 unspecified atom stereocenters. The predicted octanol–water partition coefficient (Wildman–Crippen LogP) is 3.67. The van der Waals surface area contributed by atoms with Gasteiger partial charge in [-0.25, -0.2) is 5.43 Å². The number of nitrogens with zero attached hydrogens (tertiary/aromatic N) is 2. The Kier molecular flexibility index (Phi) is 5.33. The van der Waals surface area contributed by atoms with Crippen LogP contribution in [0.5, 0.6) is 0 Å². The van der Waals surface area contributed by atoms with Gasteiger partial charge in [-0.05, 0) is 48.9 Å². The van der Waals surface area contributed by atoms with E-state index in [0.717, 1.165) is 21.4 Å². The van der Waals surface area contributed by atoms with Crippen molar-refractivity contribution in [2.75, 3.05) is 19.0 Å². The summed E-state index contributed by atoms with van der Waals surface area (Å²) in [5.74, 6) is -0.223. The third-order valence-electron chi connectivity index (χ3n) is 3.21. The predicted molar refractivity (Wildman–Crippen MR) is 94.6 cm³/mol. The normalized spacial score (nSPS) is 11.2. The molecule has 0 aliphatic heterocycles. The molecule has 0 heterocycles. The summed E-state index contributed by atoms with van der Waals surface area (Å²) >= 11 is 3.42. The average molecular weight is 360 g/mol. The highest BCUT2D eigenvalue weighted by Gasteiger charge is 2.05. The fraction of sp³-hybridized carbons (Fsp3) is 0.176. The molecule has 1 N–H and O–H groups in total. The highest BCUT2D eigenvalue weighted by Crippen LogP contribution is 2.13.